The second kappa shape index (κ2) is 13.0. The normalized spacial score (nSPS) is 12.6. The van der Waals surface area contributed by atoms with Gasteiger partial charge in [0.1, 0.15) is 20.2 Å². The summed E-state index contributed by atoms with van der Waals surface area (Å²) in [4.78, 5) is -1.60. The predicted octanol–water partition coefficient (Wildman–Crippen LogP) is -4.81. The molecule has 0 aliphatic rings. The third-order valence-electron chi connectivity index (χ3n) is 4.19. The Morgan fingerprint density at radius 2 is 1.06 bits per heavy atom. The Morgan fingerprint density at radius 3 is 1.36 bits per heavy atom. The average Bonchev–Trinajstić information content (AvgIpc) is 2.64. The van der Waals surface area contributed by atoms with E-state index >= 15 is 0 Å². The molecule has 0 aliphatic heterocycles. The fourth-order valence-corrected chi connectivity index (χ4v) is 5.22. The molecule has 0 aliphatic carbocycles. The average molecular weight is 599 g/mol. The van der Waals surface area contributed by atoms with Gasteiger partial charge in [0.05, 0.1) is 21.3 Å². The number of sulfonamides is 2. The van der Waals surface area contributed by atoms with E-state index in [2.05, 4.69) is 4.72 Å². The van der Waals surface area contributed by atoms with Crippen LogP contribution in [0.5, 0.6) is 0 Å². The van der Waals surface area contributed by atoms with Crippen molar-refractivity contribution in [1.29, 1.82) is 0 Å². The minimum absolute atomic E-state index is 0. The quantitative estimate of drug-likeness (QED) is 0.160. The van der Waals surface area contributed by atoms with Crippen molar-refractivity contribution in [1.82, 2.24) is 0 Å². The molecule has 0 saturated carbocycles. The number of anilines is 2. The molecule has 0 saturated heterocycles. The van der Waals surface area contributed by atoms with Crippen molar-refractivity contribution in [3.8, 4) is 0 Å². The zero-order chi connectivity index (χ0) is 26.1. The molecule has 0 spiro atoms. The van der Waals surface area contributed by atoms with E-state index < -0.39 is 55.3 Å². The van der Waals surface area contributed by atoms with E-state index in [9.17, 15) is 42.8 Å². The van der Waals surface area contributed by atoms with Crippen LogP contribution in [0.25, 0.3) is 12.2 Å². The molecule has 0 aromatic heterocycles. The molecular formula is C18H20N2Na2O10S4. The van der Waals surface area contributed by atoms with Gasteiger partial charge in [-0.1, -0.05) is 24.3 Å². The van der Waals surface area contributed by atoms with Gasteiger partial charge in [0.15, 0.2) is 0 Å². The summed E-state index contributed by atoms with van der Waals surface area (Å²) in [7, 11) is -17.8. The molecule has 0 unspecified atom stereocenters. The molecule has 0 amide bonds. The Bertz CT molecular complexity index is 1570. The Morgan fingerprint density at radius 1 is 0.694 bits per heavy atom. The second-order valence-electron chi connectivity index (χ2n) is 7.32. The first kappa shape index (κ1) is 35.5. The van der Waals surface area contributed by atoms with Gasteiger partial charge in [-0.25, -0.2) is 33.7 Å². The Kier molecular flexibility index (Phi) is 12.9. The van der Waals surface area contributed by atoms with E-state index in [1.807, 2.05) is 4.72 Å². The Labute approximate surface area is 255 Å². The van der Waals surface area contributed by atoms with Gasteiger partial charge >= 0.3 is 59.1 Å². The second-order valence-corrected chi connectivity index (χ2v) is 14.0. The van der Waals surface area contributed by atoms with Crippen molar-refractivity contribution in [2.75, 3.05) is 15.7 Å². The van der Waals surface area contributed by atoms with Crippen LogP contribution in [-0.2, 0) is 40.3 Å². The molecule has 0 radical (unpaired) electrons. The summed E-state index contributed by atoms with van der Waals surface area (Å²) in [6, 6.07) is 6.18. The number of benzene rings is 2. The van der Waals surface area contributed by atoms with Crippen molar-refractivity contribution in [3.05, 3.63) is 47.5 Å². The molecule has 2 N–H and O–H groups in total. The zero-order valence-corrected chi connectivity index (χ0v) is 27.2. The van der Waals surface area contributed by atoms with Gasteiger partial charge in [0.2, 0.25) is 20.0 Å². The first-order valence-corrected chi connectivity index (χ1v) is 15.4. The molecule has 2 rings (SSSR count). The van der Waals surface area contributed by atoms with Crippen LogP contribution in [0.15, 0.2) is 46.2 Å². The van der Waals surface area contributed by atoms with E-state index in [4.69, 9.17) is 0 Å². The maximum atomic E-state index is 12.0. The fraction of sp³-hybridized carbons (Fsp3) is 0.222. The monoisotopic (exact) mass is 598 g/mol. The van der Waals surface area contributed by atoms with E-state index in [1.54, 1.807) is 0 Å². The first-order valence-electron chi connectivity index (χ1n) is 9.17. The summed E-state index contributed by atoms with van der Waals surface area (Å²) in [5.41, 5.74) is -0.805. The SMILES string of the molecule is CC(C)S(=O)(=O)Nc1ccc(C=Cc2ccc(NS(C)(=O)=O)cc2S(=O)(=O)[O-])c(S(=O)(=O)[O-])c1.[Na+].[Na+]. The third-order valence-corrected chi connectivity index (χ3v) is 8.34. The summed E-state index contributed by atoms with van der Waals surface area (Å²) in [6.07, 6.45) is 2.90. The molecule has 0 fully saturated rings. The molecule has 0 heterocycles. The van der Waals surface area contributed by atoms with Gasteiger partial charge in [-0.05, 0) is 49.2 Å². The van der Waals surface area contributed by atoms with Crippen LogP contribution >= 0.6 is 0 Å². The number of hydrogen-bond donors (Lipinski definition) is 2. The first-order chi connectivity index (χ1) is 15.3. The van der Waals surface area contributed by atoms with Gasteiger partial charge in [-0.2, -0.15) is 0 Å². The van der Waals surface area contributed by atoms with Gasteiger partial charge in [0, 0.05) is 11.4 Å². The Balaban J connectivity index is 0.00000612. The molecule has 188 valence electrons. The van der Waals surface area contributed by atoms with Crippen molar-refractivity contribution >= 4 is 63.8 Å². The van der Waals surface area contributed by atoms with Crippen LogP contribution in [0.3, 0.4) is 0 Å². The van der Waals surface area contributed by atoms with Crippen molar-refractivity contribution in [3.63, 3.8) is 0 Å². The zero-order valence-electron chi connectivity index (χ0n) is 19.9. The largest absolute Gasteiger partial charge is 1.00 e. The smallest absolute Gasteiger partial charge is 0.744 e. The van der Waals surface area contributed by atoms with Crippen LogP contribution in [-0.4, -0.2) is 54.3 Å². The maximum absolute atomic E-state index is 12.0. The van der Waals surface area contributed by atoms with Crippen LogP contribution in [0.1, 0.15) is 25.0 Å². The third kappa shape index (κ3) is 10.3. The molecule has 0 bridgehead atoms. The Hall–Kier alpha value is -0.500. The summed E-state index contributed by atoms with van der Waals surface area (Å²) in [5.74, 6) is 0. The molecule has 0 atom stereocenters. The number of hydrogen-bond acceptors (Lipinski definition) is 10. The van der Waals surface area contributed by atoms with E-state index in [-0.39, 0.29) is 81.6 Å². The molecule has 12 nitrogen and oxygen atoms in total. The topological polar surface area (TPSA) is 207 Å². The number of rotatable bonds is 9. The number of nitrogens with one attached hydrogen (secondary N) is 2. The maximum Gasteiger partial charge on any atom is 1.00 e. The van der Waals surface area contributed by atoms with E-state index in [0.29, 0.717) is 0 Å². The summed E-state index contributed by atoms with van der Waals surface area (Å²) in [6.45, 7) is 2.78. The summed E-state index contributed by atoms with van der Waals surface area (Å²) >= 11 is 0. The van der Waals surface area contributed by atoms with Crippen LogP contribution in [0.2, 0.25) is 0 Å². The standard InChI is InChI=1S/C18H22N2O10S4.2Na/c1-12(2)32(23,24)20-16-9-7-14(18(11-16)34(28,29)30)5-4-13-6-8-15(19-31(3,21)22)10-17(13)33(25,26)27;;/h4-12,19-20H,1-3H3,(H,25,26,27)(H,28,29,30);;/q;2*+1/p-2. The van der Waals surface area contributed by atoms with Crippen molar-refractivity contribution in [2.24, 2.45) is 0 Å². The fourth-order valence-electron chi connectivity index (χ4n) is 2.58. The minimum atomic E-state index is -5.09. The van der Waals surface area contributed by atoms with Crippen molar-refractivity contribution in [2.45, 2.75) is 28.9 Å². The van der Waals surface area contributed by atoms with Gasteiger partial charge in [-0.3, -0.25) is 9.44 Å². The van der Waals surface area contributed by atoms with Crippen LogP contribution in [0.4, 0.5) is 11.4 Å². The van der Waals surface area contributed by atoms with E-state index in [1.165, 1.54) is 26.0 Å². The molecule has 36 heavy (non-hydrogen) atoms. The van der Waals surface area contributed by atoms with Crippen LogP contribution < -0.4 is 68.6 Å². The van der Waals surface area contributed by atoms with Gasteiger partial charge < -0.3 is 9.11 Å². The minimum Gasteiger partial charge on any atom is -0.744 e. The van der Waals surface area contributed by atoms with Crippen molar-refractivity contribution < 1.29 is 102 Å². The van der Waals surface area contributed by atoms with Gasteiger partial charge in [0.25, 0.3) is 0 Å². The summed E-state index contributed by atoms with van der Waals surface area (Å²) < 4.78 is 121. The summed E-state index contributed by atoms with van der Waals surface area (Å²) in [5, 5.41) is -0.841. The van der Waals surface area contributed by atoms with Crippen LogP contribution in [0, 0.1) is 0 Å². The molecule has 18 heteroatoms. The predicted molar refractivity (Wildman–Crippen MR) is 124 cm³/mol. The molecular weight excluding hydrogens is 578 g/mol. The van der Waals surface area contributed by atoms with E-state index in [0.717, 1.165) is 42.7 Å². The molecule has 2 aromatic carbocycles. The van der Waals surface area contributed by atoms with Gasteiger partial charge in [-0.15, -0.1) is 0 Å². The molecule has 2 aromatic rings.